The Bertz CT molecular complexity index is 1380. The summed E-state index contributed by atoms with van der Waals surface area (Å²) in [6, 6.07) is 12.2. The molecule has 302 valence electrons. The number of anilines is 1. The highest BCUT2D eigenvalue weighted by atomic mass is 19.1. The Kier molecular flexibility index (Phi) is 22.5. The number of ether oxygens (including phenoxy) is 5. The summed E-state index contributed by atoms with van der Waals surface area (Å²) in [7, 11) is 0. The number of nitrogens with one attached hydrogen (secondary N) is 4. The number of primary amides is 1. The Balaban J connectivity index is 1.59. The Hall–Kier alpha value is -4.31. The lowest BCUT2D eigenvalue weighted by Crippen LogP contribution is -2.55. The largest absolute Gasteiger partial charge is 0.491 e. The van der Waals surface area contributed by atoms with Gasteiger partial charge in [0.1, 0.15) is 31.0 Å². The van der Waals surface area contributed by atoms with Gasteiger partial charge in [0.2, 0.25) is 17.7 Å². The van der Waals surface area contributed by atoms with E-state index in [4.69, 9.17) is 29.4 Å². The molecule has 1 unspecified atom stereocenters. The standard InChI is InChI=1S/C39H60FN5O9/c1-27(2)33(25-40)30-10-14-32(15-11-30)54-24-23-52-20-19-50-17-18-51-21-22-53-26-35(46)45-36(28(3)4)38(48)44-34(7-6-16-42-39(41)49)37(47)43-31-12-8-29(5)9-13-31/h8-15,27-28,33-34,36H,6-7,16-26H2,1-5H3,(H,43,47)(H,44,48)(H,45,46)(H3,41,42,49)/t33?,34-,36-/m0/s1. The van der Waals surface area contributed by atoms with Gasteiger partial charge in [0.05, 0.1) is 52.9 Å². The number of hydrogen-bond acceptors (Lipinski definition) is 9. The number of halogens is 1. The molecule has 0 aromatic heterocycles. The van der Waals surface area contributed by atoms with Gasteiger partial charge in [-0.1, -0.05) is 57.5 Å². The first-order chi connectivity index (χ1) is 25.9. The van der Waals surface area contributed by atoms with E-state index in [1.165, 1.54) is 0 Å². The molecule has 2 aromatic rings. The molecule has 0 saturated carbocycles. The number of rotatable bonds is 28. The molecular weight excluding hydrogens is 701 g/mol. The Labute approximate surface area is 318 Å². The topological polar surface area (TPSA) is 189 Å². The first-order valence-corrected chi connectivity index (χ1v) is 18.5. The summed E-state index contributed by atoms with van der Waals surface area (Å²) in [6.07, 6.45) is 0.599. The smallest absolute Gasteiger partial charge is 0.312 e. The molecule has 5 amide bonds. The van der Waals surface area contributed by atoms with Crippen LogP contribution in [-0.2, 0) is 33.3 Å². The van der Waals surface area contributed by atoms with Crippen LogP contribution < -0.4 is 31.7 Å². The predicted octanol–water partition coefficient (Wildman–Crippen LogP) is 3.86. The van der Waals surface area contributed by atoms with Crippen molar-refractivity contribution in [3.63, 3.8) is 0 Å². The lowest BCUT2D eigenvalue weighted by atomic mass is 9.90. The number of urea groups is 1. The minimum absolute atomic E-state index is 0.113. The molecule has 0 aliphatic rings. The SMILES string of the molecule is Cc1ccc(NC(=O)[C@H](CCCNC(N)=O)NC(=O)[C@@H](NC(=O)COCCOCCOCCOCCOc2ccc(C(CF)C(C)C)cc2)C(C)C)cc1. The minimum Gasteiger partial charge on any atom is -0.491 e. The normalized spacial score (nSPS) is 12.9. The van der Waals surface area contributed by atoms with Crippen LogP contribution in [0.2, 0.25) is 0 Å². The monoisotopic (exact) mass is 761 g/mol. The van der Waals surface area contributed by atoms with E-state index in [1.807, 2.05) is 57.2 Å². The zero-order chi connectivity index (χ0) is 39.7. The van der Waals surface area contributed by atoms with Crippen molar-refractivity contribution in [2.75, 3.05) is 78.0 Å². The molecule has 2 rings (SSSR count). The van der Waals surface area contributed by atoms with E-state index in [0.717, 1.165) is 11.1 Å². The van der Waals surface area contributed by atoms with Gasteiger partial charge in [0.15, 0.2) is 0 Å². The van der Waals surface area contributed by atoms with E-state index in [1.54, 1.807) is 26.0 Å². The summed E-state index contributed by atoms with van der Waals surface area (Å²) < 4.78 is 40.9. The van der Waals surface area contributed by atoms with Crippen molar-refractivity contribution in [2.45, 2.75) is 65.5 Å². The minimum atomic E-state index is -0.931. The summed E-state index contributed by atoms with van der Waals surface area (Å²) in [4.78, 5) is 50.1. The Morgan fingerprint density at radius 2 is 1.30 bits per heavy atom. The van der Waals surface area contributed by atoms with Crippen molar-refractivity contribution in [1.82, 2.24) is 16.0 Å². The molecule has 0 saturated heterocycles. The van der Waals surface area contributed by atoms with Crippen LogP contribution in [0.4, 0.5) is 14.9 Å². The molecule has 6 N–H and O–H groups in total. The van der Waals surface area contributed by atoms with Gasteiger partial charge >= 0.3 is 6.03 Å². The van der Waals surface area contributed by atoms with E-state index in [9.17, 15) is 23.6 Å². The van der Waals surface area contributed by atoms with Crippen molar-refractivity contribution in [3.05, 3.63) is 59.7 Å². The van der Waals surface area contributed by atoms with E-state index >= 15 is 0 Å². The summed E-state index contributed by atoms with van der Waals surface area (Å²) >= 11 is 0. The molecule has 0 spiro atoms. The van der Waals surface area contributed by atoms with Crippen molar-refractivity contribution in [3.8, 4) is 5.75 Å². The maximum absolute atomic E-state index is 13.3. The molecule has 0 radical (unpaired) electrons. The fourth-order valence-corrected chi connectivity index (χ4v) is 5.17. The van der Waals surface area contributed by atoms with E-state index in [-0.39, 0.29) is 57.2 Å². The number of carbonyl (C=O) groups is 4. The zero-order valence-electron chi connectivity index (χ0n) is 32.3. The highest BCUT2D eigenvalue weighted by molar-refractivity contribution is 5.98. The molecule has 0 fully saturated rings. The van der Waals surface area contributed by atoms with Crippen LogP contribution >= 0.6 is 0 Å². The van der Waals surface area contributed by atoms with Crippen molar-refractivity contribution in [2.24, 2.45) is 17.6 Å². The van der Waals surface area contributed by atoms with Gasteiger partial charge in [-0.3, -0.25) is 18.8 Å². The third-order valence-corrected chi connectivity index (χ3v) is 8.31. The first kappa shape index (κ1) is 45.8. The maximum atomic E-state index is 13.3. The Morgan fingerprint density at radius 3 is 1.83 bits per heavy atom. The molecule has 0 bridgehead atoms. The third kappa shape index (κ3) is 19.1. The number of hydrogen-bond donors (Lipinski definition) is 5. The number of alkyl halides is 1. The molecule has 54 heavy (non-hydrogen) atoms. The third-order valence-electron chi connectivity index (χ3n) is 8.31. The lowest BCUT2D eigenvalue weighted by molar-refractivity contribution is -0.134. The fraction of sp³-hybridized carbons (Fsp3) is 0.590. The maximum Gasteiger partial charge on any atom is 0.312 e. The molecule has 0 heterocycles. The average molecular weight is 762 g/mol. The summed E-state index contributed by atoms with van der Waals surface area (Å²) in [5, 5.41) is 10.7. The van der Waals surface area contributed by atoms with Crippen LogP contribution in [0, 0.1) is 18.8 Å². The number of nitrogens with two attached hydrogens (primary N) is 1. The van der Waals surface area contributed by atoms with Crippen LogP contribution in [0.25, 0.3) is 0 Å². The number of carbonyl (C=O) groups excluding carboxylic acids is 4. The number of benzene rings is 2. The van der Waals surface area contributed by atoms with Crippen molar-refractivity contribution in [1.29, 1.82) is 0 Å². The highest BCUT2D eigenvalue weighted by Gasteiger charge is 2.29. The van der Waals surface area contributed by atoms with E-state index in [0.29, 0.717) is 57.5 Å². The average Bonchev–Trinajstić information content (AvgIpc) is 3.13. The Morgan fingerprint density at radius 1 is 0.722 bits per heavy atom. The van der Waals surface area contributed by atoms with Gasteiger partial charge in [-0.15, -0.1) is 0 Å². The van der Waals surface area contributed by atoms with Crippen molar-refractivity contribution < 1.29 is 47.3 Å². The first-order valence-electron chi connectivity index (χ1n) is 18.5. The summed E-state index contributed by atoms with van der Waals surface area (Å²) in [5.74, 6) is -0.912. The van der Waals surface area contributed by atoms with E-state index in [2.05, 4.69) is 21.3 Å². The second-order valence-electron chi connectivity index (χ2n) is 13.5. The van der Waals surface area contributed by atoms with Gasteiger partial charge in [0, 0.05) is 18.2 Å². The molecule has 2 aromatic carbocycles. The number of aryl methyl sites for hydroxylation is 1. The van der Waals surface area contributed by atoms with Gasteiger partial charge in [-0.05, 0) is 61.4 Å². The van der Waals surface area contributed by atoms with Crippen LogP contribution in [0.15, 0.2) is 48.5 Å². The van der Waals surface area contributed by atoms with E-state index < -0.39 is 35.8 Å². The van der Waals surface area contributed by atoms with Gasteiger partial charge in [0.25, 0.3) is 0 Å². The molecular formula is C39H60FN5O9. The predicted molar refractivity (Wildman–Crippen MR) is 204 cm³/mol. The quantitative estimate of drug-likeness (QED) is 0.0803. The second kappa shape index (κ2) is 26.5. The lowest BCUT2D eigenvalue weighted by Gasteiger charge is -2.25. The summed E-state index contributed by atoms with van der Waals surface area (Å²) in [5.41, 5.74) is 7.70. The van der Waals surface area contributed by atoms with Gasteiger partial charge < -0.3 is 50.7 Å². The van der Waals surface area contributed by atoms with Crippen LogP contribution in [0.1, 0.15) is 57.6 Å². The molecule has 3 atom stereocenters. The molecule has 0 aliphatic heterocycles. The highest BCUT2D eigenvalue weighted by Crippen LogP contribution is 2.26. The van der Waals surface area contributed by atoms with Crippen LogP contribution in [0.3, 0.4) is 0 Å². The molecule has 14 nitrogen and oxygen atoms in total. The number of amides is 5. The zero-order valence-corrected chi connectivity index (χ0v) is 32.3. The molecule has 0 aliphatic carbocycles. The van der Waals surface area contributed by atoms with Crippen LogP contribution in [0.5, 0.6) is 5.75 Å². The van der Waals surface area contributed by atoms with Crippen molar-refractivity contribution >= 4 is 29.4 Å². The van der Waals surface area contributed by atoms with Crippen LogP contribution in [-0.4, -0.2) is 109 Å². The second-order valence-corrected chi connectivity index (χ2v) is 13.5. The molecule has 15 heteroatoms. The fourth-order valence-electron chi connectivity index (χ4n) is 5.17. The van der Waals surface area contributed by atoms with Gasteiger partial charge in [-0.2, -0.15) is 0 Å². The summed E-state index contributed by atoms with van der Waals surface area (Å²) in [6.45, 7) is 11.7. The van der Waals surface area contributed by atoms with Gasteiger partial charge in [-0.25, -0.2) is 4.79 Å².